The number of rotatable bonds is 0. The molecule has 3 nitrogen and oxygen atoms in total. The van der Waals surface area contributed by atoms with Gasteiger partial charge in [-0.2, -0.15) is 0 Å². The fourth-order valence-electron chi connectivity index (χ4n) is 2.01. The van der Waals surface area contributed by atoms with E-state index in [1.54, 1.807) is 0 Å². The van der Waals surface area contributed by atoms with Crippen molar-refractivity contribution < 1.29 is 4.79 Å². The predicted octanol–water partition coefficient (Wildman–Crippen LogP) is -0.268. The lowest BCUT2D eigenvalue weighted by molar-refractivity contribution is -0.134. The highest BCUT2D eigenvalue weighted by molar-refractivity contribution is 5.80. The fourth-order valence-corrected chi connectivity index (χ4v) is 2.01. The molecule has 1 unspecified atom stereocenters. The molecule has 2 fully saturated rings. The highest BCUT2D eigenvalue weighted by Gasteiger charge is 2.46. The van der Waals surface area contributed by atoms with Gasteiger partial charge in [-0.15, -0.1) is 0 Å². The second-order valence-corrected chi connectivity index (χ2v) is 3.73. The Morgan fingerprint density at radius 1 is 1.55 bits per heavy atom. The van der Waals surface area contributed by atoms with Crippen molar-refractivity contribution in [3.63, 3.8) is 0 Å². The molecule has 11 heavy (non-hydrogen) atoms. The van der Waals surface area contributed by atoms with Crippen molar-refractivity contribution in [3.05, 3.63) is 0 Å². The molecule has 0 bridgehead atoms. The molecule has 1 atom stereocenters. The van der Waals surface area contributed by atoms with Gasteiger partial charge >= 0.3 is 0 Å². The Morgan fingerprint density at radius 3 is 2.73 bits per heavy atom. The second-order valence-electron chi connectivity index (χ2n) is 3.73. The Labute approximate surface area is 66.5 Å². The Bertz CT molecular complexity index is 187. The predicted molar refractivity (Wildman–Crippen MR) is 42.1 cm³/mol. The molecule has 0 saturated carbocycles. The molecule has 1 amide bonds. The standard InChI is InChI=1S/C8H14N2O/c1-6-7(11)10-3-2-8(6)4-9-5-8/h6,9H,2-5H2,1H3,(H,10,11). The van der Waals surface area contributed by atoms with Crippen molar-refractivity contribution in [2.24, 2.45) is 11.3 Å². The summed E-state index contributed by atoms with van der Waals surface area (Å²) >= 11 is 0. The monoisotopic (exact) mass is 154 g/mol. The van der Waals surface area contributed by atoms with E-state index >= 15 is 0 Å². The quantitative estimate of drug-likeness (QED) is 0.504. The zero-order valence-electron chi connectivity index (χ0n) is 6.81. The summed E-state index contributed by atoms with van der Waals surface area (Å²) in [6.45, 7) is 4.96. The second kappa shape index (κ2) is 2.21. The first-order valence-corrected chi connectivity index (χ1v) is 4.23. The number of hydrogen-bond donors (Lipinski definition) is 2. The third-order valence-electron chi connectivity index (χ3n) is 3.19. The summed E-state index contributed by atoms with van der Waals surface area (Å²) in [7, 11) is 0. The summed E-state index contributed by atoms with van der Waals surface area (Å²) in [4.78, 5) is 11.3. The molecule has 2 heterocycles. The average Bonchev–Trinajstić information content (AvgIpc) is 1.91. The van der Waals surface area contributed by atoms with Crippen LogP contribution in [0.1, 0.15) is 13.3 Å². The molecule has 2 aliphatic heterocycles. The smallest absolute Gasteiger partial charge is 0.223 e. The Hall–Kier alpha value is -0.570. The molecule has 0 aliphatic carbocycles. The van der Waals surface area contributed by atoms with Crippen molar-refractivity contribution in [2.45, 2.75) is 13.3 Å². The van der Waals surface area contributed by atoms with E-state index in [2.05, 4.69) is 10.6 Å². The van der Waals surface area contributed by atoms with E-state index in [-0.39, 0.29) is 11.8 Å². The normalized spacial score (nSPS) is 34.6. The minimum atomic E-state index is 0.206. The van der Waals surface area contributed by atoms with Crippen LogP contribution in [0.15, 0.2) is 0 Å². The topological polar surface area (TPSA) is 41.1 Å². The van der Waals surface area contributed by atoms with Gasteiger partial charge < -0.3 is 10.6 Å². The Balaban J connectivity index is 2.13. The number of carbonyl (C=O) groups excluding carboxylic acids is 1. The van der Waals surface area contributed by atoms with Crippen LogP contribution in [0.5, 0.6) is 0 Å². The summed E-state index contributed by atoms with van der Waals surface area (Å²) in [5.74, 6) is 0.440. The molecule has 2 rings (SSSR count). The van der Waals surface area contributed by atoms with E-state index in [4.69, 9.17) is 0 Å². The molecule has 2 saturated heterocycles. The van der Waals surface area contributed by atoms with Gasteiger partial charge in [-0.1, -0.05) is 6.92 Å². The van der Waals surface area contributed by atoms with Crippen LogP contribution in [0.2, 0.25) is 0 Å². The van der Waals surface area contributed by atoms with E-state index < -0.39 is 0 Å². The largest absolute Gasteiger partial charge is 0.356 e. The SMILES string of the molecule is CC1C(=O)NCCC12CNC2. The molecule has 2 aliphatic rings. The zero-order valence-corrected chi connectivity index (χ0v) is 6.81. The molecule has 0 aromatic heterocycles. The molecule has 0 aromatic rings. The first-order chi connectivity index (χ1) is 5.25. The lowest BCUT2D eigenvalue weighted by Gasteiger charge is -2.49. The van der Waals surface area contributed by atoms with Crippen LogP contribution < -0.4 is 10.6 Å². The number of piperidine rings is 1. The van der Waals surface area contributed by atoms with E-state index in [0.717, 1.165) is 26.1 Å². The highest BCUT2D eigenvalue weighted by Crippen LogP contribution is 2.37. The van der Waals surface area contributed by atoms with Crippen LogP contribution in [0.3, 0.4) is 0 Å². The van der Waals surface area contributed by atoms with E-state index in [9.17, 15) is 4.79 Å². The van der Waals surface area contributed by atoms with Gasteiger partial charge in [0.25, 0.3) is 0 Å². The third-order valence-corrected chi connectivity index (χ3v) is 3.19. The van der Waals surface area contributed by atoms with Gasteiger partial charge in [-0.05, 0) is 6.42 Å². The van der Waals surface area contributed by atoms with Crippen LogP contribution in [-0.2, 0) is 4.79 Å². The Kier molecular flexibility index (Phi) is 1.42. The van der Waals surface area contributed by atoms with Crippen molar-refractivity contribution in [1.82, 2.24) is 10.6 Å². The summed E-state index contributed by atoms with van der Waals surface area (Å²) in [5.41, 5.74) is 0.308. The van der Waals surface area contributed by atoms with Gasteiger partial charge in [0, 0.05) is 31.0 Å². The van der Waals surface area contributed by atoms with Gasteiger partial charge in [0.1, 0.15) is 0 Å². The number of nitrogens with one attached hydrogen (secondary N) is 2. The van der Waals surface area contributed by atoms with Crippen LogP contribution >= 0.6 is 0 Å². The minimum Gasteiger partial charge on any atom is -0.356 e. The van der Waals surface area contributed by atoms with Crippen LogP contribution in [0, 0.1) is 11.3 Å². The molecule has 2 N–H and O–H groups in total. The van der Waals surface area contributed by atoms with Gasteiger partial charge in [-0.3, -0.25) is 4.79 Å². The maximum absolute atomic E-state index is 11.3. The Morgan fingerprint density at radius 2 is 2.27 bits per heavy atom. The van der Waals surface area contributed by atoms with Gasteiger partial charge in [0.15, 0.2) is 0 Å². The molecular weight excluding hydrogens is 140 g/mol. The molecule has 0 aromatic carbocycles. The average molecular weight is 154 g/mol. The van der Waals surface area contributed by atoms with Crippen molar-refractivity contribution in [3.8, 4) is 0 Å². The number of carbonyl (C=O) groups is 1. The first kappa shape index (κ1) is 7.10. The van der Waals surface area contributed by atoms with Crippen molar-refractivity contribution in [2.75, 3.05) is 19.6 Å². The minimum absolute atomic E-state index is 0.206. The molecule has 62 valence electrons. The fraction of sp³-hybridized carbons (Fsp3) is 0.875. The van der Waals surface area contributed by atoms with Crippen molar-refractivity contribution in [1.29, 1.82) is 0 Å². The lowest BCUT2D eigenvalue weighted by Crippen LogP contribution is -2.63. The number of hydrogen-bond acceptors (Lipinski definition) is 2. The number of amides is 1. The lowest BCUT2D eigenvalue weighted by atomic mass is 9.67. The summed E-state index contributed by atoms with van der Waals surface area (Å²) in [5, 5.41) is 6.13. The zero-order chi connectivity index (χ0) is 7.90. The van der Waals surface area contributed by atoms with Crippen LogP contribution in [-0.4, -0.2) is 25.5 Å². The first-order valence-electron chi connectivity index (χ1n) is 4.23. The molecular formula is C8H14N2O. The van der Waals surface area contributed by atoms with Gasteiger partial charge in [-0.25, -0.2) is 0 Å². The molecule has 0 radical (unpaired) electrons. The highest BCUT2D eigenvalue weighted by atomic mass is 16.2. The maximum atomic E-state index is 11.3. The molecule has 1 spiro atoms. The summed E-state index contributed by atoms with van der Waals surface area (Å²) in [6.07, 6.45) is 1.15. The van der Waals surface area contributed by atoms with E-state index in [1.165, 1.54) is 0 Å². The molecule has 3 heteroatoms. The van der Waals surface area contributed by atoms with E-state index in [1.807, 2.05) is 6.92 Å². The van der Waals surface area contributed by atoms with Crippen LogP contribution in [0.25, 0.3) is 0 Å². The van der Waals surface area contributed by atoms with Gasteiger partial charge in [0.05, 0.1) is 0 Å². The van der Waals surface area contributed by atoms with Crippen molar-refractivity contribution >= 4 is 5.91 Å². The maximum Gasteiger partial charge on any atom is 0.223 e. The van der Waals surface area contributed by atoms with Gasteiger partial charge in [0.2, 0.25) is 5.91 Å². The van der Waals surface area contributed by atoms with Crippen LogP contribution in [0.4, 0.5) is 0 Å². The summed E-state index contributed by atoms with van der Waals surface area (Å²) < 4.78 is 0. The third kappa shape index (κ3) is 0.872. The summed E-state index contributed by atoms with van der Waals surface area (Å²) in [6, 6.07) is 0. The van der Waals surface area contributed by atoms with E-state index in [0.29, 0.717) is 5.41 Å².